The van der Waals surface area contributed by atoms with E-state index in [9.17, 15) is 4.79 Å². The second kappa shape index (κ2) is 11.2. The van der Waals surface area contributed by atoms with Gasteiger partial charge in [0.2, 0.25) is 5.91 Å². The molecule has 0 bridgehead atoms. The molecule has 2 aliphatic heterocycles. The van der Waals surface area contributed by atoms with Gasteiger partial charge < -0.3 is 15.4 Å². The number of hydrogen-bond acceptors (Lipinski definition) is 5. The molecule has 3 aromatic rings. The van der Waals surface area contributed by atoms with Gasteiger partial charge in [0.15, 0.2) is 0 Å². The van der Waals surface area contributed by atoms with Crippen molar-refractivity contribution < 1.29 is 9.53 Å². The Morgan fingerprint density at radius 1 is 1.09 bits per heavy atom. The average Bonchev–Trinajstić information content (AvgIpc) is 3.25. The minimum Gasteiger partial charge on any atom is -0.489 e. The Morgan fingerprint density at radius 2 is 1.88 bits per heavy atom. The number of carbonyl (C=O) groups excluding carboxylic acids is 1. The quantitative estimate of drug-likeness (QED) is 0.436. The van der Waals surface area contributed by atoms with Gasteiger partial charge in [-0.1, -0.05) is 24.3 Å². The number of carbonyl (C=O) groups is 1. The minimum atomic E-state index is 0.137. The van der Waals surface area contributed by atoms with E-state index >= 15 is 0 Å². The van der Waals surface area contributed by atoms with Gasteiger partial charge in [-0.2, -0.15) is 0 Å². The first-order valence-electron chi connectivity index (χ1n) is 12.3. The van der Waals surface area contributed by atoms with Crippen molar-refractivity contribution in [1.82, 2.24) is 15.5 Å². The van der Waals surface area contributed by atoms with E-state index < -0.39 is 0 Å². The van der Waals surface area contributed by atoms with E-state index in [1.807, 2.05) is 12.1 Å². The second-order valence-corrected chi connectivity index (χ2v) is 11.4. The van der Waals surface area contributed by atoms with E-state index in [1.165, 1.54) is 15.6 Å². The van der Waals surface area contributed by atoms with Crippen molar-refractivity contribution in [2.24, 2.45) is 0 Å². The van der Waals surface area contributed by atoms with Crippen LogP contribution in [0.3, 0.4) is 0 Å². The van der Waals surface area contributed by atoms with Gasteiger partial charge in [-0.3, -0.25) is 9.69 Å². The van der Waals surface area contributed by atoms with Crippen LogP contribution in [0.15, 0.2) is 53.0 Å². The van der Waals surface area contributed by atoms with Crippen molar-refractivity contribution in [3.8, 4) is 5.75 Å². The van der Waals surface area contributed by atoms with Gasteiger partial charge in [0.05, 0.1) is 10.9 Å². The maximum Gasteiger partial charge on any atom is 0.225 e. The maximum atomic E-state index is 12.6. The Balaban J connectivity index is 1.07. The zero-order chi connectivity index (χ0) is 23.3. The molecule has 0 aliphatic carbocycles. The summed E-state index contributed by atoms with van der Waals surface area (Å²) in [7, 11) is 0. The lowest BCUT2D eigenvalue weighted by Crippen LogP contribution is -2.44. The number of thiophene rings is 1. The third kappa shape index (κ3) is 6.19. The van der Waals surface area contributed by atoms with Gasteiger partial charge in [-0.25, -0.2) is 0 Å². The molecule has 2 saturated heterocycles. The van der Waals surface area contributed by atoms with Crippen LogP contribution in [0.25, 0.3) is 10.1 Å². The zero-order valence-corrected chi connectivity index (χ0v) is 21.8. The molecule has 2 aromatic carbocycles. The lowest BCUT2D eigenvalue weighted by Gasteiger charge is -2.32. The van der Waals surface area contributed by atoms with Crippen LogP contribution in [0.4, 0.5) is 0 Å². The predicted octanol–water partition coefficient (Wildman–Crippen LogP) is 5.12. The summed E-state index contributed by atoms with van der Waals surface area (Å²) in [5.41, 5.74) is 1.29. The highest BCUT2D eigenvalue weighted by atomic mass is 79.9. The molecule has 0 radical (unpaired) electrons. The van der Waals surface area contributed by atoms with Crippen LogP contribution in [0.2, 0.25) is 0 Å². The third-order valence-electron chi connectivity index (χ3n) is 6.75. The Bertz CT molecular complexity index is 1090. The summed E-state index contributed by atoms with van der Waals surface area (Å²) < 4.78 is 8.48. The van der Waals surface area contributed by atoms with Crippen LogP contribution in [0.1, 0.15) is 36.1 Å². The summed E-state index contributed by atoms with van der Waals surface area (Å²) in [6.07, 6.45) is 4.89. The van der Waals surface area contributed by atoms with Gasteiger partial charge in [0.25, 0.3) is 0 Å². The summed E-state index contributed by atoms with van der Waals surface area (Å²) in [5, 5.41) is 7.87. The second-order valence-electron chi connectivity index (χ2n) is 9.38. The minimum absolute atomic E-state index is 0.137. The first-order chi connectivity index (χ1) is 16.6. The van der Waals surface area contributed by atoms with Gasteiger partial charge in [-0.15, -0.1) is 11.3 Å². The lowest BCUT2D eigenvalue weighted by atomic mass is 10.0. The van der Waals surface area contributed by atoms with E-state index in [2.05, 4.69) is 67.9 Å². The summed E-state index contributed by atoms with van der Waals surface area (Å²) in [5.74, 6) is 1.08. The molecule has 0 saturated carbocycles. The lowest BCUT2D eigenvalue weighted by molar-refractivity contribution is -0.121. The maximum absolute atomic E-state index is 12.6. The standard InChI is InChI=1S/C27H32BrN3O2S/c28-24-15-19(5-6-25(24)33-22-7-11-29-12-8-22)18-31-13-9-21(10-14-31)30-27(32)17-23-16-20-3-1-2-4-26(20)34-23/h1-6,15-16,21-22,29H,7-14,17-18H2,(H,30,32). The molecule has 0 unspecified atom stereocenters. The summed E-state index contributed by atoms with van der Waals surface area (Å²) in [6.45, 7) is 4.98. The molecular formula is C27H32BrN3O2S. The molecule has 5 nitrogen and oxygen atoms in total. The molecule has 3 heterocycles. The van der Waals surface area contributed by atoms with Gasteiger partial charge in [0.1, 0.15) is 11.9 Å². The molecule has 0 atom stereocenters. The fraction of sp³-hybridized carbons (Fsp3) is 0.444. The average molecular weight is 543 g/mol. The summed E-state index contributed by atoms with van der Waals surface area (Å²) in [4.78, 5) is 16.2. The molecule has 2 aliphatic rings. The molecular weight excluding hydrogens is 510 g/mol. The molecule has 1 amide bonds. The van der Waals surface area contributed by atoms with E-state index in [1.54, 1.807) is 11.3 Å². The SMILES string of the molecule is O=C(Cc1cc2ccccc2s1)NC1CCN(Cc2ccc(OC3CCNCC3)c(Br)c2)CC1. The highest BCUT2D eigenvalue weighted by molar-refractivity contribution is 9.10. The number of fused-ring (bicyclic) bond motifs is 1. The number of piperidine rings is 2. The molecule has 34 heavy (non-hydrogen) atoms. The number of ether oxygens (including phenoxy) is 1. The van der Waals surface area contributed by atoms with Crippen molar-refractivity contribution >= 4 is 43.3 Å². The molecule has 5 rings (SSSR count). The Hall–Kier alpha value is -1.93. The molecule has 2 N–H and O–H groups in total. The number of amides is 1. The number of likely N-dealkylation sites (tertiary alicyclic amines) is 1. The topological polar surface area (TPSA) is 53.6 Å². The highest BCUT2D eigenvalue weighted by Crippen LogP contribution is 2.29. The molecule has 0 spiro atoms. The summed E-state index contributed by atoms with van der Waals surface area (Å²) in [6, 6.07) is 17.2. The number of rotatable bonds is 7. The smallest absolute Gasteiger partial charge is 0.225 e. The van der Waals surface area contributed by atoms with Crippen LogP contribution in [-0.4, -0.2) is 49.1 Å². The molecule has 1 aromatic heterocycles. The van der Waals surface area contributed by atoms with Crippen molar-refractivity contribution in [2.45, 2.75) is 50.8 Å². The van der Waals surface area contributed by atoms with Gasteiger partial charge in [0, 0.05) is 35.3 Å². The first kappa shape index (κ1) is 23.8. The largest absolute Gasteiger partial charge is 0.489 e. The van der Waals surface area contributed by atoms with Crippen molar-refractivity contribution in [3.05, 3.63) is 63.4 Å². The van der Waals surface area contributed by atoms with Crippen molar-refractivity contribution in [2.75, 3.05) is 26.2 Å². The monoisotopic (exact) mass is 541 g/mol. The predicted molar refractivity (Wildman–Crippen MR) is 143 cm³/mol. The summed E-state index contributed by atoms with van der Waals surface area (Å²) >= 11 is 5.42. The number of hydrogen-bond donors (Lipinski definition) is 2. The Kier molecular flexibility index (Phi) is 7.84. The number of halogens is 1. The van der Waals surface area contributed by atoms with E-state index in [0.29, 0.717) is 12.5 Å². The molecule has 2 fully saturated rings. The number of nitrogens with zero attached hydrogens (tertiary/aromatic N) is 1. The van der Waals surface area contributed by atoms with Crippen molar-refractivity contribution in [1.29, 1.82) is 0 Å². The first-order valence-corrected chi connectivity index (χ1v) is 13.9. The van der Waals surface area contributed by atoms with Crippen LogP contribution < -0.4 is 15.4 Å². The highest BCUT2D eigenvalue weighted by Gasteiger charge is 2.22. The molecule has 180 valence electrons. The Labute approximate surface area is 214 Å². The van der Waals surface area contributed by atoms with Crippen LogP contribution in [0.5, 0.6) is 5.75 Å². The normalized spacial score (nSPS) is 18.3. The number of nitrogens with one attached hydrogen (secondary N) is 2. The van der Waals surface area contributed by atoms with E-state index in [0.717, 1.165) is 73.5 Å². The van der Waals surface area contributed by atoms with E-state index in [-0.39, 0.29) is 11.9 Å². The third-order valence-corrected chi connectivity index (χ3v) is 8.48. The molecule has 7 heteroatoms. The zero-order valence-electron chi connectivity index (χ0n) is 19.4. The van der Waals surface area contributed by atoms with Crippen LogP contribution >= 0.6 is 27.3 Å². The number of benzene rings is 2. The fourth-order valence-corrected chi connectivity index (χ4v) is 6.47. The van der Waals surface area contributed by atoms with Crippen LogP contribution in [-0.2, 0) is 17.8 Å². The fourth-order valence-electron chi connectivity index (χ4n) is 4.89. The van der Waals surface area contributed by atoms with Crippen LogP contribution in [0, 0.1) is 0 Å². The Morgan fingerprint density at radius 3 is 2.65 bits per heavy atom. The van der Waals surface area contributed by atoms with Gasteiger partial charge >= 0.3 is 0 Å². The van der Waals surface area contributed by atoms with Crippen molar-refractivity contribution in [3.63, 3.8) is 0 Å². The van der Waals surface area contributed by atoms with E-state index in [4.69, 9.17) is 4.74 Å². The van der Waals surface area contributed by atoms with Gasteiger partial charge in [-0.05, 0) is 89.9 Å².